The van der Waals surface area contributed by atoms with Gasteiger partial charge >= 0.3 is 0 Å². The second kappa shape index (κ2) is 4.19. The smallest absolute Gasteiger partial charge is 0.252 e. The van der Waals surface area contributed by atoms with Gasteiger partial charge in [0.15, 0.2) is 0 Å². The first-order valence-electron chi connectivity index (χ1n) is 3.66. The van der Waals surface area contributed by atoms with Crippen LogP contribution in [0, 0.1) is 22.7 Å². The van der Waals surface area contributed by atoms with Crippen molar-refractivity contribution >= 4 is 0 Å². The number of rotatable bonds is 3. The lowest BCUT2D eigenvalue weighted by Crippen LogP contribution is -2.28. The Morgan fingerprint density at radius 2 is 2.46 bits per heavy atom. The van der Waals surface area contributed by atoms with Crippen LogP contribution in [-0.2, 0) is 6.54 Å². The molecule has 0 aromatic carbocycles. The third-order valence-electron chi connectivity index (χ3n) is 1.51. The minimum atomic E-state index is -0.312. The number of nitriles is 2. The van der Waals surface area contributed by atoms with Crippen LogP contribution in [-0.4, -0.2) is 27.9 Å². The summed E-state index contributed by atoms with van der Waals surface area (Å²) in [6.45, 7) is 0.391. The van der Waals surface area contributed by atoms with E-state index in [9.17, 15) is 0 Å². The third kappa shape index (κ3) is 2.26. The van der Waals surface area contributed by atoms with Crippen LogP contribution >= 0.6 is 0 Å². The summed E-state index contributed by atoms with van der Waals surface area (Å²) >= 11 is 0. The van der Waals surface area contributed by atoms with Crippen molar-refractivity contribution in [1.29, 1.82) is 10.5 Å². The molecule has 1 aromatic heterocycles. The molecule has 1 rings (SSSR count). The predicted molar refractivity (Wildman–Crippen MR) is 43.2 cm³/mol. The van der Waals surface area contributed by atoms with Gasteiger partial charge in [0.05, 0.1) is 12.6 Å². The van der Waals surface area contributed by atoms with Crippen LogP contribution in [0.1, 0.15) is 5.82 Å². The van der Waals surface area contributed by atoms with Gasteiger partial charge in [0, 0.05) is 0 Å². The molecule has 0 aliphatic rings. The van der Waals surface area contributed by atoms with Crippen molar-refractivity contribution in [3.63, 3.8) is 0 Å². The normalized spacial score (nSPS) is 11.6. The van der Waals surface area contributed by atoms with Gasteiger partial charge in [-0.25, -0.2) is 9.67 Å². The molecule has 1 N–H and O–H groups in total. The molecule has 13 heavy (non-hydrogen) atoms. The minimum Gasteiger partial charge on any atom is -0.303 e. The molecule has 0 amide bonds. The van der Waals surface area contributed by atoms with Gasteiger partial charge in [-0.1, -0.05) is 0 Å². The average molecular weight is 176 g/mol. The zero-order valence-electron chi connectivity index (χ0n) is 7.10. The van der Waals surface area contributed by atoms with E-state index in [2.05, 4.69) is 15.4 Å². The van der Waals surface area contributed by atoms with Crippen LogP contribution in [0.5, 0.6) is 0 Å². The highest BCUT2D eigenvalue weighted by atomic mass is 15.3. The molecule has 6 nitrogen and oxygen atoms in total. The fourth-order valence-electron chi connectivity index (χ4n) is 0.818. The third-order valence-corrected chi connectivity index (χ3v) is 1.51. The van der Waals surface area contributed by atoms with E-state index in [1.165, 1.54) is 11.0 Å². The van der Waals surface area contributed by atoms with Gasteiger partial charge < -0.3 is 5.32 Å². The first-order chi connectivity index (χ1) is 6.30. The van der Waals surface area contributed by atoms with Crippen molar-refractivity contribution in [3.05, 3.63) is 12.2 Å². The molecule has 0 fully saturated rings. The number of nitrogens with one attached hydrogen (secondary N) is 1. The van der Waals surface area contributed by atoms with E-state index in [4.69, 9.17) is 10.5 Å². The van der Waals surface area contributed by atoms with Crippen molar-refractivity contribution in [2.24, 2.45) is 0 Å². The molecule has 0 spiro atoms. The molecular weight excluding hydrogens is 168 g/mol. The Kier molecular flexibility index (Phi) is 2.96. The Morgan fingerprint density at radius 3 is 2.92 bits per heavy atom. The van der Waals surface area contributed by atoms with E-state index >= 15 is 0 Å². The fraction of sp³-hybridized carbons (Fsp3) is 0.429. The standard InChI is InChI=1S/C7H8N6/c1-10-6(2-8)4-13-5-11-7(3-9)12-13/h5-6,10H,4H2,1H3. The van der Waals surface area contributed by atoms with Crippen LogP contribution in [0.3, 0.4) is 0 Å². The van der Waals surface area contributed by atoms with Crippen LogP contribution in [0.2, 0.25) is 0 Å². The van der Waals surface area contributed by atoms with E-state index < -0.39 is 0 Å². The Morgan fingerprint density at radius 1 is 1.69 bits per heavy atom. The molecule has 6 heteroatoms. The maximum atomic E-state index is 8.61. The van der Waals surface area contributed by atoms with Gasteiger partial charge in [0.1, 0.15) is 18.4 Å². The molecule has 66 valence electrons. The molecule has 0 radical (unpaired) electrons. The van der Waals surface area contributed by atoms with Gasteiger partial charge in [-0.05, 0) is 7.05 Å². The summed E-state index contributed by atoms with van der Waals surface area (Å²) < 4.78 is 1.46. The van der Waals surface area contributed by atoms with Crippen molar-refractivity contribution in [2.75, 3.05) is 7.05 Å². The van der Waals surface area contributed by atoms with E-state index in [0.717, 1.165) is 0 Å². The van der Waals surface area contributed by atoms with E-state index in [-0.39, 0.29) is 11.9 Å². The Labute approximate surface area is 75.4 Å². The Hall–Kier alpha value is -1.92. The lowest BCUT2D eigenvalue weighted by atomic mass is 10.3. The van der Waals surface area contributed by atoms with Crippen molar-refractivity contribution in [3.8, 4) is 12.1 Å². The lowest BCUT2D eigenvalue weighted by Gasteiger charge is -2.05. The predicted octanol–water partition coefficient (Wildman–Crippen LogP) is -0.739. The van der Waals surface area contributed by atoms with Gasteiger partial charge in [-0.3, -0.25) is 0 Å². The van der Waals surface area contributed by atoms with Crippen molar-refractivity contribution < 1.29 is 0 Å². The summed E-state index contributed by atoms with van der Waals surface area (Å²) in [5.74, 6) is 0.118. The number of hydrogen-bond donors (Lipinski definition) is 1. The summed E-state index contributed by atoms with van der Waals surface area (Å²) in [7, 11) is 1.69. The molecule has 0 saturated heterocycles. The number of likely N-dealkylation sites (N-methyl/N-ethyl adjacent to an activating group) is 1. The number of hydrogen-bond acceptors (Lipinski definition) is 5. The minimum absolute atomic E-state index is 0.118. The zero-order chi connectivity index (χ0) is 9.68. The summed E-state index contributed by atoms with van der Waals surface area (Å²) in [6, 6.07) is 3.54. The molecule has 1 heterocycles. The van der Waals surface area contributed by atoms with Crippen molar-refractivity contribution in [2.45, 2.75) is 12.6 Å². The summed E-state index contributed by atoms with van der Waals surface area (Å²) in [4.78, 5) is 3.71. The van der Waals surface area contributed by atoms with Gasteiger partial charge in [-0.15, -0.1) is 5.10 Å². The second-order valence-corrected chi connectivity index (χ2v) is 2.37. The van der Waals surface area contributed by atoms with E-state index in [1.807, 2.05) is 12.1 Å². The highest BCUT2D eigenvalue weighted by molar-refractivity contribution is 5.05. The van der Waals surface area contributed by atoms with E-state index in [0.29, 0.717) is 6.54 Å². The molecular formula is C7H8N6. The molecule has 0 aliphatic heterocycles. The highest BCUT2D eigenvalue weighted by Gasteiger charge is 2.06. The average Bonchev–Trinajstić information content (AvgIpc) is 2.61. The first-order valence-corrected chi connectivity index (χ1v) is 3.66. The largest absolute Gasteiger partial charge is 0.303 e. The monoisotopic (exact) mass is 176 g/mol. The Bertz CT molecular complexity index is 354. The maximum Gasteiger partial charge on any atom is 0.252 e. The molecule has 1 atom stereocenters. The lowest BCUT2D eigenvalue weighted by molar-refractivity contribution is 0.520. The summed E-state index contributed by atoms with van der Waals surface area (Å²) in [5, 5.41) is 23.7. The summed E-state index contributed by atoms with van der Waals surface area (Å²) in [6.07, 6.45) is 1.43. The maximum absolute atomic E-state index is 8.61. The molecule has 0 saturated carbocycles. The Balaban J connectivity index is 2.65. The van der Waals surface area contributed by atoms with Gasteiger partial charge in [0.25, 0.3) is 5.82 Å². The number of aromatic nitrogens is 3. The van der Waals surface area contributed by atoms with E-state index in [1.54, 1.807) is 7.05 Å². The van der Waals surface area contributed by atoms with Gasteiger partial charge in [0.2, 0.25) is 0 Å². The second-order valence-electron chi connectivity index (χ2n) is 2.37. The SMILES string of the molecule is CNC(C#N)Cn1cnc(C#N)n1. The molecule has 1 unspecified atom stereocenters. The summed E-state index contributed by atoms with van der Waals surface area (Å²) in [5.41, 5.74) is 0. The topological polar surface area (TPSA) is 90.3 Å². The fourth-order valence-corrected chi connectivity index (χ4v) is 0.818. The van der Waals surface area contributed by atoms with Crippen LogP contribution < -0.4 is 5.32 Å². The quantitative estimate of drug-likeness (QED) is 0.655. The molecule has 1 aromatic rings. The first kappa shape index (κ1) is 9.17. The zero-order valence-corrected chi connectivity index (χ0v) is 7.10. The number of nitrogens with zero attached hydrogens (tertiary/aromatic N) is 5. The van der Waals surface area contributed by atoms with Crippen LogP contribution in [0.4, 0.5) is 0 Å². The van der Waals surface area contributed by atoms with Gasteiger partial charge in [-0.2, -0.15) is 10.5 Å². The van der Waals surface area contributed by atoms with Crippen LogP contribution in [0.15, 0.2) is 6.33 Å². The van der Waals surface area contributed by atoms with Crippen LogP contribution in [0.25, 0.3) is 0 Å². The molecule has 0 bridgehead atoms. The molecule has 0 aliphatic carbocycles. The van der Waals surface area contributed by atoms with Crippen molar-refractivity contribution in [1.82, 2.24) is 20.1 Å². The highest BCUT2D eigenvalue weighted by Crippen LogP contribution is 1.90.